The lowest BCUT2D eigenvalue weighted by Crippen LogP contribution is -2.04. The van der Waals surface area contributed by atoms with Crippen molar-refractivity contribution >= 4 is 37.7 Å². The molecule has 4 unspecified atom stereocenters. The van der Waals surface area contributed by atoms with Crippen molar-refractivity contribution in [3.05, 3.63) is 47.5 Å². The number of hydrogen-bond acceptors (Lipinski definition) is 2. The van der Waals surface area contributed by atoms with Crippen molar-refractivity contribution in [3.8, 4) is 0 Å². The first kappa shape index (κ1) is 14.3. The van der Waals surface area contributed by atoms with Gasteiger partial charge in [-0.05, 0) is 29.3 Å². The summed E-state index contributed by atoms with van der Waals surface area (Å²) in [5, 5.41) is 2.50. The van der Waals surface area contributed by atoms with Crippen LogP contribution in [0.4, 0.5) is 0 Å². The van der Waals surface area contributed by atoms with E-state index in [4.69, 9.17) is 9.05 Å². The predicted octanol–water partition coefficient (Wildman–Crippen LogP) is 4.40. The van der Waals surface area contributed by atoms with E-state index < -0.39 is 0 Å². The summed E-state index contributed by atoms with van der Waals surface area (Å²) in [4.78, 5) is 0. The number of hydrogen-bond donors (Lipinski definition) is 0. The molecule has 2 nitrogen and oxygen atoms in total. The lowest BCUT2D eigenvalue weighted by atomic mass is 10.0. The van der Waals surface area contributed by atoms with Gasteiger partial charge in [-0.3, -0.25) is 0 Å². The summed E-state index contributed by atoms with van der Waals surface area (Å²) in [6, 6.07) is 12.9. The third kappa shape index (κ3) is 3.47. The molecular weight excluding hydrogens is 281 g/mol. The van der Waals surface area contributed by atoms with Gasteiger partial charge in [-0.2, -0.15) is 0 Å². The molecule has 5 heteroatoms. The minimum Gasteiger partial charge on any atom is -0.363 e. The molecule has 0 aromatic heterocycles. The van der Waals surface area contributed by atoms with Gasteiger partial charge in [-0.1, -0.05) is 44.8 Å². The minimum absolute atomic E-state index is 0.0102. The fraction of sp³-hybridized carbons (Fsp3) is 0.231. The fourth-order valence-corrected chi connectivity index (χ4v) is 2.99. The average Bonchev–Trinajstić information content (AvgIpc) is 2.38. The summed E-state index contributed by atoms with van der Waals surface area (Å²) >= 11 is 0. The molecule has 96 valence electrons. The number of fused-ring (bicyclic) bond motifs is 1. The third-order valence-electron chi connectivity index (χ3n) is 2.85. The maximum atomic E-state index is 5.69. The summed E-state index contributed by atoms with van der Waals surface area (Å²) in [6.45, 7) is 2.65. The van der Waals surface area contributed by atoms with E-state index in [1.165, 1.54) is 16.3 Å². The third-order valence-corrected chi connectivity index (χ3v) is 3.87. The second-order valence-corrected chi connectivity index (χ2v) is 5.68. The molecule has 0 N–H and O–H groups in total. The highest BCUT2D eigenvalue weighted by atomic mass is 32.0. The van der Waals surface area contributed by atoms with Crippen LogP contribution in [0.1, 0.15) is 17.2 Å². The SMILES string of the molecule is Cc1ccc2cc(C(COP)OPP)ccc2c1. The Bertz CT molecular complexity index is 525. The normalized spacial score (nSPS) is 13.5. The van der Waals surface area contributed by atoms with Crippen molar-refractivity contribution in [2.24, 2.45) is 0 Å². The first-order chi connectivity index (χ1) is 8.74. The zero-order valence-electron chi connectivity index (χ0n) is 10.2. The molecule has 4 atom stereocenters. The summed E-state index contributed by atoms with van der Waals surface area (Å²) in [5.74, 6) is 0. The summed E-state index contributed by atoms with van der Waals surface area (Å²) in [5.41, 5.74) is 2.44. The Kier molecular flexibility index (Phi) is 5.49. The second kappa shape index (κ2) is 6.90. The second-order valence-electron chi connectivity index (χ2n) is 4.17. The van der Waals surface area contributed by atoms with E-state index in [1.807, 2.05) is 0 Å². The fourth-order valence-electron chi connectivity index (χ4n) is 1.95. The lowest BCUT2D eigenvalue weighted by molar-refractivity contribution is 0.165. The molecule has 0 bridgehead atoms. The Labute approximate surface area is 114 Å². The van der Waals surface area contributed by atoms with E-state index >= 15 is 0 Å². The molecule has 0 spiro atoms. The van der Waals surface area contributed by atoms with Gasteiger partial charge in [0.05, 0.1) is 6.61 Å². The Hall–Kier alpha value is -0.0900. The van der Waals surface area contributed by atoms with Crippen LogP contribution in [0.3, 0.4) is 0 Å². The monoisotopic (exact) mass is 298 g/mol. The van der Waals surface area contributed by atoms with Gasteiger partial charge in [0, 0.05) is 18.0 Å². The molecule has 0 heterocycles. The summed E-state index contributed by atoms with van der Waals surface area (Å²) in [6.07, 6.45) is -0.0102. The van der Waals surface area contributed by atoms with Crippen molar-refractivity contribution in [2.45, 2.75) is 13.0 Å². The van der Waals surface area contributed by atoms with Crippen molar-refractivity contribution in [1.82, 2.24) is 0 Å². The number of aryl methyl sites for hydroxylation is 1. The largest absolute Gasteiger partial charge is 0.363 e. The van der Waals surface area contributed by atoms with Crippen LogP contribution in [-0.2, 0) is 9.05 Å². The molecule has 0 saturated heterocycles. The van der Waals surface area contributed by atoms with Crippen LogP contribution in [0.2, 0.25) is 0 Å². The molecule has 0 saturated carbocycles. The Morgan fingerprint density at radius 1 is 1.17 bits per heavy atom. The Morgan fingerprint density at radius 3 is 2.61 bits per heavy atom. The highest BCUT2D eigenvalue weighted by molar-refractivity contribution is 8.00. The first-order valence-electron chi connectivity index (χ1n) is 5.68. The molecule has 2 aromatic carbocycles. The van der Waals surface area contributed by atoms with Crippen LogP contribution in [0, 0.1) is 6.92 Å². The zero-order valence-corrected chi connectivity index (χ0v) is 13.5. The zero-order chi connectivity index (χ0) is 13.0. The molecule has 0 amide bonds. The highest BCUT2D eigenvalue weighted by Crippen LogP contribution is 2.33. The van der Waals surface area contributed by atoms with Crippen molar-refractivity contribution in [2.75, 3.05) is 6.61 Å². The van der Waals surface area contributed by atoms with E-state index in [1.54, 1.807) is 0 Å². The van der Waals surface area contributed by atoms with Crippen molar-refractivity contribution in [1.29, 1.82) is 0 Å². The lowest BCUT2D eigenvalue weighted by Gasteiger charge is -2.16. The quantitative estimate of drug-likeness (QED) is 0.762. The maximum absolute atomic E-state index is 5.69. The highest BCUT2D eigenvalue weighted by Gasteiger charge is 2.11. The Balaban J connectivity index is 2.35. The van der Waals surface area contributed by atoms with Crippen LogP contribution >= 0.6 is 26.9 Å². The van der Waals surface area contributed by atoms with Crippen LogP contribution in [-0.4, -0.2) is 6.61 Å². The van der Waals surface area contributed by atoms with Gasteiger partial charge >= 0.3 is 0 Å². The molecular formula is C13H17O2P3. The van der Waals surface area contributed by atoms with E-state index in [2.05, 4.69) is 61.7 Å². The van der Waals surface area contributed by atoms with Gasteiger partial charge in [0.15, 0.2) is 0 Å². The molecule has 0 aliphatic carbocycles. The molecule has 2 aromatic rings. The van der Waals surface area contributed by atoms with Crippen LogP contribution in [0.5, 0.6) is 0 Å². The summed E-state index contributed by atoms with van der Waals surface area (Å²) in [7, 11) is 5.25. The molecule has 0 radical (unpaired) electrons. The van der Waals surface area contributed by atoms with E-state index in [0.717, 1.165) is 5.56 Å². The maximum Gasteiger partial charge on any atom is 0.110 e. The van der Waals surface area contributed by atoms with Crippen LogP contribution < -0.4 is 0 Å². The van der Waals surface area contributed by atoms with Crippen molar-refractivity contribution in [3.63, 3.8) is 0 Å². The first-order valence-corrected chi connectivity index (χ1v) is 8.86. The van der Waals surface area contributed by atoms with Gasteiger partial charge in [-0.15, -0.1) is 0 Å². The van der Waals surface area contributed by atoms with Gasteiger partial charge in [-0.25, -0.2) is 0 Å². The van der Waals surface area contributed by atoms with Crippen LogP contribution in [0.15, 0.2) is 36.4 Å². The van der Waals surface area contributed by atoms with Gasteiger partial charge in [0.2, 0.25) is 0 Å². The molecule has 18 heavy (non-hydrogen) atoms. The van der Waals surface area contributed by atoms with E-state index in [0.29, 0.717) is 15.1 Å². The average molecular weight is 298 g/mol. The predicted molar refractivity (Wildman–Crippen MR) is 86.2 cm³/mol. The van der Waals surface area contributed by atoms with Gasteiger partial charge in [0.1, 0.15) is 6.10 Å². The van der Waals surface area contributed by atoms with E-state index in [-0.39, 0.29) is 6.10 Å². The molecule has 0 aliphatic heterocycles. The van der Waals surface area contributed by atoms with E-state index in [9.17, 15) is 0 Å². The Morgan fingerprint density at radius 2 is 1.89 bits per heavy atom. The van der Waals surface area contributed by atoms with Crippen LogP contribution in [0.25, 0.3) is 10.8 Å². The standard InChI is InChI=1S/C13H17O2P3/c1-9-2-3-11-7-12(5-4-10(11)6-9)13(8-14-16)15-18-17/h2-7,13,18H,8,16-17H2,1H3. The molecule has 0 aliphatic rings. The van der Waals surface area contributed by atoms with Crippen molar-refractivity contribution < 1.29 is 9.05 Å². The topological polar surface area (TPSA) is 18.5 Å². The number of rotatable bonds is 5. The van der Waals surface area contributed by atoms with Gasteiger partial charge in [0.25, 0.3) is 0 Å². The molecule has 2 rings (SSSR count). The molecule has 0 fully saturated rings. The summed E-state index contributed by atoms with van der Waals surface area (Å²) < 4.78 is 10.8. The minimum atomic E-state index is -0.0102. The number of benzene rings is 2. The van der Waals surface area contributed by atoms with Gasteiger partial charge < -0.3 is 9.05 Å². The smallest absolute Gasteiger partial charge is 0.110 e.